The van der Waals surface area contributed by atoms with Gasteiger partial charge in [-0.2, -0.15) is 0 Å². The van der Waals surface area contributed by atoms with Crippen LogP contribution in [0, 0.1) is 6.92 Å². The van der Waals surface area contributed by atoms with Crippen molar-refractivity contribution in [2.24, 2.45) is 0 Å². The Kier molecular flexibility index (Phi) is 5.57. The van der Waals surface area contributed by atoms with E-state index in [4.69, 9.17) is 20.8 Å². The zero-order chi connectivity index (χ0) is 19.4. The number of halogens is 1. The molecular formula is C20H16ClNO5. The van der Waals surface area contributed by atoms with Crippen LogP contribution >= 0.6 is 11.6 Å². The molecule has 1 N–H and O–H groups in total. The summed E-state index contributed by atoms with van der Waals surface area (Å²) in [6, 6.07) is 13.2. The smallest absolute Gasteiger partial charge is 0.374 e. The molecule has 1 aromatic heterocycles. The van der Waals surface area contributed by atoms with Crippen molar-refractivity contribution in [2.45, 2.75) is 13.5 Å². The molecule has 2 aromatic carbocycles. The molecule has 3 aromatic rings. The van der Waals surface area contributed by atoms with Crippen LogP contribution in [0.15, 0.2) is 57.7 Å². The normalized spacial score (nSPS) is 10.6. The highest BCUT2D eigenvalue weighted by atomic mass is 35.5. The van der Waals surface area contributed by atoms with Crippen LogP contribution in [0.3, 0.4) is 0 Å². The van der Waals surface area contributed by atoms with Crippen molar-refractivity contribution in [3.05, 3.63) is 80.7 Å². The second-order valence-electron chi connectivity index (χ2n) is 5.96. The highest BCUT2D eigenvalue weighted by molar-refractivity contribution is 6.30. The number of esters is 1. The number of nitrogens with one attached hydrogen (secondary N) is 1. The minimum Gasteiger partial charge on any atom is -0.450 e. The van der Waals surface area contributed by atoms with Crippen LogP contribution in [-0.2, 0) is 16.1 Å². The maximum absolute atomic E-state index is 12.1. The third-order valence-corrected chi connectivity index (χ3v) is 4.03. The number of benzene rings is 2. The minimum absolute atomic E-state index is 0.251. The first-order chi connectivity index (χ1) is 12.9. The largest absolute Gasteiger partial charge is 0.450 e. The van der Waals surface area contributed by atoms with Crippen molar-refractivity contribution in [1.29, 1.82) is 0 Å². The lowest BCUT2D eigenvalue weighted by Gasteiger charge is -2.07. The van der Waals surface area contributed by atoms with Gasteiger partial charge in [-0.05, 0) is 36.8 Å². The van der Waals surface area contributed by atoms with E-state index >= 15 is 0 Å². The SMILES string of the molecule is Cc1ccc2oc(C(=O)OCC(=O)NCc3cccc(Cl)c3)cc(=O)c2c1. The Morgan fingerprint density at radius 1 is 1.15 bits per heavy atom. The highest BCUT2D eigenvalue weighted by Gasteiger charge is 2.15. The molecule has 3 rings (SSSR count). The lowest BCUT2D eigenvalue weighted by Crippen LogP contribution is -2.28. The number of ether oxygens (including phenoxy) is 1. The molecule has 0 spiro atoms. The molecule has 0 saturated carbocycles. The standard InChI is InChI=1S/C20H16ClNO5/c1-12-5-6-17-15(7-12)16(23)9-18(27-17)20(25)26-11-19(24)22-10-13-3-2-4-14(21)8-13/h2-9H,10-11H2,1H3,(H,22,24). The average Bonchev–Trinajstić information content (AvgIpc) is 2.65. The Hall–Kier alpha value is -3.12. The summed E-state index contributed by atoms with van der Waals surface area (Å²) >= 11 is 5.88. The summed E-state index contributed by atoms with van der Waals surface area (Å²) in [5.41, 5.74) is 1.65. The van der Waals surface area contributed by atoms with Gasteiger partial charge >= 0.3 is 5.97 Å². The van der Waals surface area contributed by atoms with Gasteiger partial charge in [0.15, 0.2) is 12.0 Å². The monoisotopic (exact) mass is 385 g/mol. The van der Waals surface area contributed by atoms with Gasteiger partial charge in [0.2, 0.25) is 5.76 Å². The fraction of sp³-hybridized carbons (Fsp3) is 0.150. The van der Waals surface area contributed by atoms with Crippen molar-refractivity contribution in [3.63, 3.8) is 0 Å². The molecular weight excluding hydrogens is 370 g/mol. The summed E-state index contributed by atoms with van der Waals surface area (Å²) in [6.07, 6.45) is 0. The highest BCUT2D eigenvalue weighted by Crippen LogP contribution is 2.15. The molecule has 1 heterocycles. The molecule has 0 aliphatic carbocycles. The number of hydrogen-bond donors (Lipinski definition) is 1. The number of rotatable bonds is 5. The van der Waals surface area contributed by atoms with Gasteiger partial charge in [0.05, 0.1) is 5.39 Å². The van der Waals surface area contributed by atoms with E-state index in [1.54, 1.807) is 36.4 Å². The van der Waals surface area contributed by atoms with E-state index in [0.717, 1.165) is 17.2 Å². The molecule has 0 atom stereocenters. The first-order valence-electron chi connectivity index (χ1n) is 8.15. The molecule has 7 heteroatoms. The van der Waals surface area contributed by atoms with Crippen LogP contribution in [0.4, 0.5) is 0 Å². The van der Waals surface area contributed by atoms with E-state index in [2.05, 4.69) is 5.32 Å². The van der Waals surface area contributed by atoms with Crippen molar-refractivity contribution >= 4 is 34.4 Å². The quantitative estimate of drug-likeness (QED) is 0.681. The third-order valence-electron chi connectivity index (χ3n) is 3.80. The number of hydrogen-bond acceptors (Lipinski definition) is 5. The second-order valence-corrected chi connectivity index (χ2v) is 6.39. The maximum Gasteiger partial charge on any atom is 0.374 e. The van der Waals surface area contributed by atoms with Gasteiger partial charge < -0.3 is 14.5 Å². The molecule has 1 amide bonds. The lowest BCUT2D eigenvalue weighted by molar-refractivity contribution is -0.124. The third kappa shape index (κ3) is 4.74. The van der Waals surface area contributed by atoms with Crippen LogP contribution in [0.5, 0.6) is 0 Å². The van der Waals surface area contributed by atoms with E-state index in [-0.39, 0.29) is 23.3 Å². The van der Waals surface area contributed by atoms with Gasteiger partial charge in [-0.1, -0.05) is 35.4 Å². The number of carbonyl (C=O) groups is 2. The van der Waals surface area contributed by atoms with Crippen LogP contribution in [0.2, 0.25) is 5.02 Å². The Morgan fingerprint density at radius 2 is 1.96 bits per heavy atom. The van der Waals surface area contributed by atoms with E-state index in [9.17, 15) is 14.4 Å². The summed E-state index contributed by atoms with van der Waals surface area (Å²) < 4.78 is 10.3. The van der Waals surface area contributed by atoms with Crippen molar-refractivity contribution in [1.82, 2.24) is 5.32 Å². The molecule has 0 fully saturated rings. The summed E-state index contributed by atoms with van der Waals surface area (Å²) in [7, 11) is 0. The Morgan fingerprint density at radius 3 is 2.74 bits per heavy atom. The van der Waals surface area contributed by atoms with E-state index in [1.807, 2.05) is 13.0 Å². The topological polar surface area (TPSA) is 85.6 Å². The van der Waals surface area contributed by atoms with E-state index in [1.165, 1.54) is 0 Å². The predicted octanol–water partition coefficient (Wildman–Crippen LogP) is 3.23. The van der Waals surface area contributed by atoms with Gasteiger partial charge in [-0.3, -0.25) is 9.59 Å². The fourth-order valence-corrected chi connectivity index (χ4v) is 2.68. The predicted molar refractivity (Wildman–Crippen MR) is 101 cm³/mol. The molecule has 138 valence electrons. The molecule has 0 saturated heterocycles. The number of aryl methyl sites for hydroxylation is 1. The van der Waals surface area contributed by atoms with Crippen molar-refractivity contribution < 1.29 is 18.7 Å². The summed E-state index contributed by atoms with van der Waals surface area (Å²) in [4.78, 5) is 36.0. The summed E-state index contributed by atoms with van der Waals surface area (Å²) in [5.74, 6) is -1.62. The number of fused-ring (bicyclic) bond motifs is 1. The summed E-state index contributed by atoms with van der Waals surface area (Å²) in [6.45, 7) is 1.61. The molecule has 0 bridgehead atoms. The van der Waals surface area contributed by atoms with Crippen LogP contribution in [0.1, 0.15) is 21.7 Å². The Labute approximate surface area is 159 Å². The maximum atomic E-state index is 12.1. The number of amides is 1. The van der Waals surface area contributed by atoms with Gasteiger partial charge in [-0.15, -0.1) is 0 Å². The van der Waals surface area contributed by atoms with Crippen LogP contribution in [0.25, 0.3) is 11.0 Å². The molecule has 0 radical (unpaired) electrons. The molecule has 27 heavy (non-hydrogen) atoms. The Bertz CT molecular complexity index is 1070. The van der Waals surface area contributed by atoms with Crippen LogP contribution in [-0.4, -0.2) is 18.5 Å². The van der Waals surface area contributed by atoms with Crippen molar-refractivity contribution in [2.75, 3.05) is 6.61 Å². The zero-order valence-corrected chi connectivity index (χ0v) is 15.2. The van der Waals surface area contributed by atoms with Crippen LogP contribution < -0.4 is 10.7 Å². The van der Waals surface area contributed by atoms with Gasteiger partial charge in [0.1, 0.15) is 5.58 Å². The summed E-state index contributed by atoms with van der Waals surface area (Å²) in [5, 5.41) is 3.56. The molecule has 0 aliphatic heterocycles. The first-order valence-corrected chi connectivity index (χ1v) is 8.53. The molecule has 6 nitrogen and oxygen atoms in total. The average molecular weight is 386 g/mol. The van der Waals surface area contributed by atoms with Crippen molar-refractivity contribution in [3.8, 4) is 0 Å². The lowest BCUT2D eigenvalue weighted by atomic mass is 10.1. The zero-order valence-electron chi connectivity index (χ0n) is 14.5. The van der Waals surface area contributed by atoms with E-state index in [0.29, 0.717) is 10.4 Å². The second kappa shape index (κ2) is 8.05. The van der Waals surface area contributed by atoms with Gasteiger partial charge in [0, 0.05) is 17.6 Å². The number of carbonyl (C=O) groups excluding carboxylic acids is 2. The fourth-order valence-electron chi connectivity index (χ4n) is 2.47. The Balaban J connectivity index is 1.60. The first kappa shape index (κ1) is 18.7. The molecule has 0 aliphatic rings. The van der Waals surface area contributed by atoms with E-state index < -0.39 is 18.5 Å². The minimum atomic E-state index is -0.882. The van der Waals surface area contributed by atoms with Gasteiger partial charge in [0.25, 0.3) is 5.91 Å². The molecule has 0 unspecified atom stereocenters. The van der Waals surface area contributed by atoms with Gasteiger partial charge in [-0.25, -0.2) is 4.79 Å².